The number of hydrogen-bond acceptors (Lipinski definition) is 5. The summed E-state index contributed by atoms with van der Waals surface area (Å²) < 4.78 is 15.7. The van der Waals surface area contributed by atoms with Crippen LogP contribution in [0.2, 0.25) is 0 Å². The lowest BCUT2D eigenvalue weighted by Gasteiger charge is -2.21. The molecule has 2 aromatic heterocycles. The van der Waals surface area contributed by atoms with Crippen LogP contribution >= 0.6 is 0 Å². The molecule has 2 amide bonds. The summed E-state index contributed by atoms with van der Waals surface area (Å²) in [6.45, 7) is 4.40. The van der Waals surface area contributed by atoms with Gasteiger partial charge in [0.1, 0.15) is 11.5 Å². The minimum Gasteiger partial charge on any atom is -0.355 e. The van der Waals surface area contributed by atoms with E-state index in [9.17, 15) is 9.18 Å². The number of halogens is 1. The van der Waals surface area contributed by atoms with Gasteiger partial charge in [-0.1, -0.05) is 6.07 Å². The number of nitrogens with zero attached hydrogens (tertiary/aromatic N) is 5. The molecule has 1 saturated heterocycles. The third-order valence-corrected chi connectivity index (χ3v) is 5.26. The van der Waals surface area contributed by atoms with Crippen molar-refractivity contribution in [3.63, 3.8) is 0 Å². The van der Waals surface area contributed by atoms with E-state index in [0.717, 1.165) is 44.0 Å². The number of hydrogen-bond donors (Lipinski definition) is 2. The highest BCUT2D eigenvalue weighted by atomic mass is 19.1. The van der Waals surface area contributed by atoms with E-state index in [0.29, 0.717) is 17.9 Å². The molecule has 1 fully saturated rings. The molecule has 1 aromatic carbocycles. The molecule has 1 aliphatic rings. The van der Waals surface area contributed by atoms with Crippen LogP contribution < -0.4 is 15.5 Å². The van der Waals surface area contributed by atoms with Crippen molar-refractivity contribution in [1.82, 2.24) is 25.0 Å². The van der Waals surface area contributed by atoms with Crippen molar-refractivity contribution in [1.29, 1.82) is 0 Å². The first-order valence-corrected chi connectivity index (χ1v) is 10.3. The van der Waals surface area contributed by atoms with Crippen LogP contribution in [0.1, 0.15) is 12.0 Å². The molecule has 2 N–H and O–H groups in total. The normalized spacial score (nSPS) is 14.8. The van der Waals surface area contributed by atoms with Crippen LogP contribution in [0.25, 0.3) is 5.69 Å². The van der Waals surface area contributed by atoms with Gasteiger partial charge in [0.2, 0.25) is 0 Å². The Labute approximate surface area is 180 Å². The lowest BCUT2D eigenvalue weighted by Crippen LogP contribution is -2.30. The first-order chi connectivity index (χ1) is 15.1. The Bertz CT molecular complexity index is 1010. The number of benzene rings is 1. The zero-order valence-corrected chi connectivity index (χ0v) is 17.5. The zero-order valence-electron chi connectivity index (χ0n) is 17.5. The molecular weight excluding hydrogens is 397 g/mol. The topological polar surface area (TPSA) is 78.3 Å². The number of aromatic nitrogens is 3. The molecular formula is C22H26FN7O. The fraction of sp³-hybridized carbons (Fsp3) is 0.318. The smallest absolute Gasteiger partial charge is 0.319 e. The molecule has 0 aliphatic carbocycles. The van der Waals surface area contributed by atoms with Crippen LogP contribution in [0.15, 0.2) is 55.0 Å². The zero-order chi connectivity index (χ0) is 21.6. The fourth-order valence-corrected chi connectivity index (χ4v) is 3.52. The molecule has 4 rings (SSSR count). The van der Waals surface area contributed by atoms with Gasteiger partial charge in [-0.05, 0) is 55.9 Å². The van der Waals surface area contributed by atoms with Crippen LogP contribution in [-0.2, 0) is 6.54 Å². The largest absolute Gasteiger partial charge is 0.355 e. The summed E-state index contributed by atoms with van der Waals surface area (Å²) >= 11 is 0. The van der Waals surface area contributed by atoms with Gasteiger partial charge < -0.3 is 20.4 Å². The maximum atomic E-state index is 14.3. The number of pyridine rings is 1. The summed E-state index contributed by atoms with van der Waals surface area (Å²) in [5.41, 5.74) is 1.58. The molecule has 162 valence electrons. The number of urea groups is 1. The van der Waals surface area contributed by atoms with Gasteiger partial charge in [-0.15, -0.1) is 0 Å². The number of nitrogens with one attached hydrogen (secondary N) is 2. The van der Waals surface area contributed by atoms with E-state index < -0.39 is 11.8 Å². The Kier molecular flexibility index (Phi) is 6.42. The molecule has 1 aliphatic heterocycles. The predicted molar refractivity (Wildman–Crippen MR) is 118 cm³/mol. The monoisotopic (exact) mass is 423 g/mol. The molecule has 9 heteroatoms. The van der Waals surface area contributed by atoms with E-state index in [1.807, 2.05) is 12.1 Å². The Morgan fingerprint density at radius 3 is 2.81 bits per heavy atom. The molecule has 0 spiro atoms. The van der Waals surface area contributed by atoms with Crippen molar-refractivity contribution in [2.24, 2.45) is 0 Å². The number of carbonyl (C=O) groups is 1. The summed E-state index contributed by atoms with van der Waals surface area (Å²) in [5.74, 6) is 0.484. The summed E-state index contributed by atoms with van der Waals surface area (Å²) in [6.07, 6.45) is 6.13. The van der Waals surface area contributed by atoms with Gasteiger partial charge >= 0.3 is 6.03 Å². The van der Waals surface area contributed by atoms with Crippen LogP contribution in [0.5, 0.6) is 0 Å². The molecule has 3 aromatic rings. The molecule has 8 nitrogen and oxygen atoms in total. The summed E-state index contributed by atoms with van der Waals surface area (Å²) in [6, 6.07) is 9.74. The lowest BCUT2D eigenvalue weighted by atomic mass is 10.2. The molecule has 31 heavy (non-hydrogen) atoms. The first-order valence-electron chi connectivity index (χ1n) is 10.3. The number of amides is 2. The molecule has 0 bridgehead atoms. The Balaban J connectivity index is 1.29. The van der Waals surface area contributed by atoms with Gasteiger partial charge in [0.05, 0.1) is 0 Å². The minimum atomic E-state index is -0.471. The van der Waals surface area contributed by atoms with Crippen molar-refractivity contribution in [3.8, 4) is 5.69 Å². The average Bonchev–Trinajstić information content (AvgIpc) is 3.21. The minimum absolute atomic E-state index is 0.318. The maximum absolute atomic E-state index is 14.3. The Morgan fingerprint density at radius 2 is 2.06 bits per heavy atom. The predicted octanol–water partition coefficient (Wildman–Crippen LogP) is 2.87. The van der Waals surface area contributed by atoms with E-state index in [4.69, 9.17) is 0 Å². The van der Waals surface area contributed by atoms with Gasteiger partial charge in [-0.2, -0.15) is 5.10 Å². The van der Waals surface area contributed by atoms with Gasteiger partial charge in [0, 0.05) is 50.5 Å². The second kappa shape index (κ2) is 9.57. The Morgan fingerprint density at radius 1 is 1.16 bits per heavy atom. The fourth-order valence-electron chi connectivity index (χ4n) is 3.52. The first kappa shape index (κ1) is 20.8. The second-order valence-electron chi connectivity index (χ2n) is 7.59. The number of anilines is 2. The second-order valence-corrected chi connectivity index (χ2v) is 7.59. The summed E-state index contributed by atoms with van der Waals surface area (Å²) in [4.78, 5) is 21.4. The maximum Gasteiger partial charge on any atom is 0.319 e. The van der Waals surface area contributed by atoms with Crippen molar-refractivity contribution in [2.45, 2.75) is 13.0 Å². The molecule has 0 radical (unpaired) electrons. The van der Waals surface area contributed by atoms with E-state index in [-0.39, 0.29) is 0 Å². The molecule has 3 heterocycles. The van der Waals surface area contributed by atoms with E-state index >= 15 is 0 Å². The molecule has 0 unspecified atom stereocenters. The highest BCUT2D eigenvalue weighted by Gasteiger charge is 2.13. The van der Waals surface area contributed by atoms with Crippen LogP contribution in [-0.4, -0.2) is 58.9 Å². The number of carbonyl (C=O) groups excluding carboxylic acids is 1. The van der Waals surface area contributed by atoms with Crippen molar-refractivity contribution in [3.05, 3.63) is 66.4 Å². The summed E-state index contributed by atoms with van der Waals surface area (Å²) in [7, 11) is 2.14. The van der Waals surface area contributed by atoms with Crippen LogP contribution in [0.3, 0.4) is 0 Å². The van der Waals surface area contributed by atoms with Gasteiger partial charge in [0.15, 0.2) is 5.82 Å². The standard InChI is InChI=1S/C22H26FN7O/c1-28-9-3-10-29(13-12-28)21-7-4-17(15-24-21)16-25-22(31)27-18-5-6-20(19(23)14-18)30-11-2-8-26-30/h2,4-8,11,14-15H,3,9-10,12-13,16H2,1H3,(H2,25,27,31). The highest BCUT2D eigenvalue weighted by Crippen LogP contribution is 2.18. The quantitative estimate of drug-likeness (QED) is 0.660. The number of likely N-dealkylation sites (N-methyl/N-ethyl adjacent to an activating group) is 1. The van der Waals surface area contributed by atoms with Crippen molar-refractivity contribution >= 4 is 17.5 Å². The van der Waals surface area contributed by atoms with Crippen molar-refractivity contribution < 1.29 is 9.18 Å². The average molecular weight is 423 g/mol. The Hall–Kier alpha value is -3.46. The van der Waals surface area contributed by atoms with E-state index in [1.54, 1.807) is 36.8 Å². The van der Waals surface area contributed by atoms with Gasteiger partial charge in [0.25, 0.3) is 0 Å². The van der Waals surface area contributed by atoms with Gasteiger partial charge in [-0.3, -0.25) is 0 Å². The van der Waals surface area contributed by atoms with Crippen LogP contribution in [0.4, 0.5) is 20.7 Å². The van der Waals surface area contributed by atoms with E-state index in [2.05, 4.69) is 37.6 Å². The highest BCUT2D eigenvalue weighted by molar-refractivity contribution is 5.89. The third-order valence-electron chi connectivity index (χ3n) is 5.26. The van der Waals surface area contributed by atoms with Crippen molar-refractivity contribution in [2.75, 3.05) is 43.4 Å². The third kappa shape index (κ3) is 5.37. The number of rotatable bonds is 5. The summed E-state index contributed by atoms with van der Waals surface area (Å²) in [5, 5.41) is 9.43. The molecule has 0 saturated carbocycles. The SMILES string of the molecule is CN1CCCN(c2ccc(CNC(=O)Nc3ccc(-n4cccn4)c(F)c3)cn2)CC1. The van der Waals surface area contributed by atoms with E-state index in [1.165, 1.54) is 10.7 Å². The lowest BCUT2D eigenvalue weighted by molar-refractivity contribution is 0.251. The molecule has 0 atom stereocenters. The van der Waals surface area contributed by atoms with Gasteiger partial charge in [-0.25, -0.2) is 18.9 Å². The van der Waals surface area contributed by atoms with Crippen LogP contribution in [0, 0.1) is 5.82 Å².